The van der Waals surface area contributed by atoms with Crippen molar-refractivity contribution in [3.63, 3.8) is 0 Å². The van der Waals surface area contributed by atoms with E-state index in [9.17, 15) is 4.79 Å². The van der Waals surface area contributed by atoms with Crippen molar-refractivity contribution >= 4 is 23.4 Å². The summed E-state index contributed by atoms with van der Waals surface area (Å²) in [4.78, 5) is 11.3. The van der Waals surface area contributed by atoms with E-state index in [1.54, 1.807) is 20.8 Å². The van der Waals surface area contributed by atoms with Crippen LogP contribution in [0.15, 0.2) is 23.0 Å². The maximum absolute atomic E-state index is 11.3. The maximum Gasteiger partial charge on any atom is 0.413 e. The second-order valence-electron chi connectivity index (χ2n) is 4.05. The van der Waals surface area contributed by atoms with Crippen molar-refractivity contribution in [1.82, 2.24) is 5.32 Å². The first-order valence-corrected chi connectivity index (χ1v) is 5.71. The van der Waals surface area contributed by atoms with Crippen LogP contribution in [-0.4, -0.2) is 17.2 Å². The minimum Gasteiger partial charge on any atom is -0.444 e. The maximum atomic E-state index is 11.3. The third-order valence-electron chi connectivity index (χ3n) is 1.27. The monoisotopic (exact) mass is 258 g/mol. The Hall–Kier alpha value is -1.63. The summed E-state index contributed by atoms with van der Waals surface area (Å²) in [7, 11) is 0. The lowest BCUT2D eigenvalue weighted by Crippen LogP contribution is -2.34. The van der Waals surface area contributed by atoms with E-state index in [-0.39, 0.29) is 5.82 Å². The highest BCUT2D eigenvalue weighted by molar-refractivity contribution is 8.15. The average molecular weight is 258 g/mol. The summed E-state index contributed by atoms with van der Waals surface area (Å²) in [6.07, 6.45) is 2.29. The molecule has 0 radical (unpaired) electrons. The number of hydrogen-bond donors (Lipinski definition) is 4. The Morgan fingerprint density at radius 3 is 2.41 bits per heavy atom. The van der Waals surface area contributed by atoms with Gasteiger partial charge in [-0.3, -0.25) is 5.32 Å². The Morgan fingerprint density at radius 2 is 1.94 bits per heavy atom. The van der Waals surface area contributed by atoms with E-state index >= 15 is 0 Å². The number of nitrogens with one attached hydrogen (secondary N) is 2. The van der Waals surface area contributed by atoms with Gasteiger partial charge < -0.3 is 21.6 Å². The summed E-state index contributed by atoms with van der Waals surface area (Å²) in [6.45, 7) is 5.27. The minimum atomic E-state index is -0.627. The van der Waals surface area contributed by atoms with Gasteiger partial charge in [0.1, 0.15) is 11.4 Å². The summed E-state index contributed by atoms with van der Waals surface area (Å²) in [6, 6.07) is 0. The molecule has 0 aliphatic carbocycles. The summed E-state index contributed by atoms with van der Waals surface area (Å²) in [5.74, 6) is 0.118. The highest BCUT2D eigenvalue weighted by atomic mass is 32.2. The predicted molar refractivity (Wildman–Crippen MR) is 70.3 cm³/mol. The molecule has 0 aromatic carbocycles. The number of carbonyl (C=O) groups excluding carboxylic acids is 1. The van der Waals surface area contributed by atoms with Gasteiger partial charge in [-0.25, -0.2) is 4.79 Å². The first kappa shape index (κ1) is 15.4. The lowest BCUT2D eigenvalue weighted by molar-refractivity contribution is 0.0545. The fourth-order valence-electron chi connectivity index (χ4n) is 0.742. The third kappa shape index (κ3) is 9.31. The Morgan fingerprint density at radius 1 is 1.35 bits per heavy atom. The van der Waals surface area contributed by atoms with Gasteiger partial charge >= 0.3 is 6.09 Å². The molecule has 0 saturated carbocycles. The van der Waals surface area contributed by atoms with E-state index in [1.807, 2.05) is 0 Å². The molecule has 0 aliphatic heterocycles. The number of ether oxygens (including phenoxy) is 1. The molecule has 0 aliphatic rings. The highest BCUT2D eigenvalue weighted by Gasteiger charge is 2.15. The first-order valence-electron chi connectivity index (χ1n) is 4.83. The smallest absolute Gasteiger partial charge is 0.413 e. The Balaban J connectivity index is 4.30. The zero-order valence-electron chi connectivity index (χ0n) is 10.1. The van der Waals surface area contributed by atoms with Crippen LogP contribution in [0.5, 0.6) is 0 Å². The lowest BCUT2D eigenvalue weighted by Gasteiger charge is -2.19. The van der Waals surface area contributed by atoms with Gasteiger partial charge in [0.2, 0.25) is 0 Å². The molecular weight excluding hydrogens is 240 g/mol. The van der Waals surface area contributed by atoms with Crippen molar-refractivity contribution in [1.29, 1.82) is 5.41 Å². The molecule has 6 nitrogen and oxygen atoms in total. The van der Waals surface area contributed by atoms with Gasteiger partial charge in [0.15, 0.2) is 0 Å². The van der Waals surface area contributed by atoms with Gasteiger partial charge in [-0.05, 0) is 32.9 Å². The van der Waals surface area contributed by atoms with E-state index in [2.05, 4.69) is 5.32 Å². The molecule has 0 unspecified atom stereocenters. The van der Waals surface area contributed by atoms with Crippen molar-refractivity contribution < 1.29 is 9.53 Å². The van der Waals surface area contributed by atoms with Crippen molar-refractivity contribution in [3.05, 3.63) is 23.0 Å². The number of hydrogen-bond acceptors (Lipinski definition) is 6. The van der Waals surface area contributed by atoms with Crippen molar-refractivity contribution in [3.8, 4) is 0 Å². The predicted octanol–water partition coefficient (Wildman–Crippen LogP) is 1.45. The molecule has 96 valence electrons. The molecule has 0 aromatic rings. The van der Waals surface area contributed by atoms with Crippen LogP contribution in [0.25, 0.3) is 0 Å². The van der Waals surface area contributed by atoms with Crippen LogP contribution < -0.4 is 16.8 Å². The normalized spacial score (nSPS) is 13.1. The van der Waals surface area contributed by atoms with Gasteiger partial charge in [-0.15, -0.1) is 0 Å². The summed E-state index contributed by atoms with van der Waals surface area (Å²) >= 11 is 1.04. The number of rotatable bonds is 4. The van der Waals surface area contributed by atoms with Crippen molar-refractivity contribution in [2.75, 3.05) is 0 Å². The SMILES string of the molecule is CC(C)(C)OC(=O)N/C(N)=C/C=C(\N)SC=N. The van der Waals surface area contributed by atoms with Crippen LogP contribution in [0.4, 0.5) is 4.79 Å². The van der Waals surface area contributed by atoms with E-state index in [1.165, 1.54) is 12.2 Å². The van der Waals surface area contributed by atoms with E-state index in [4.69, 9.17) is 21.6 Å². The van der Waals surface area contributed by atoms with E-state index in [0.717, 1.165) is 17.3 Å². The third-order valence-corrected chi connectivity index (χ3v) is 1.79. The standard InChI is InChI=1S/C10H18N4O2S/c1-10(2,3)16-9(15)14-7(12)4-5-8(13)17-6-11/h4-6,11H,12-13H2,1-3H3,(H,14,15)/b7-4+,8-5+,11-6?. The van der Waals surface area contributed by atoms with Gasteiger partial charge in [0.05, 0.1) is 10.6 Å². The van der Waals surface area contributed by atoms with Gasteiger partial charge in [-0.1, -0.05) is 11.8 Å². The number of carbonyl (C=O) groups is 1. The molecular formula is C10H18N4O2S. The molecule has 0 aromatic heterocycles. The molecule has 1 amide bonds. The second kappa shape index (κ2) is 6.85. The molecule has 0 fully saturated rings. The topological polar surface area (TPSA) is 114 Å². The molecule has 7 heteroatoms. The van der Waals surface area contributed by atoms with Crippen LogP contribution in [0.2, 0.25) is 0 Å². The summed E-state index contributed by atoms with van der Waals surface area (Å²) in [5.41, 5.74) is 11.5. The number of nitrogens with two attached hydrogens (primary N) is 2. The summed E-state index contributed by atoms with van der Waals surface area (Å²) < 4.78 is 5.00. The van der Waals surface area contributed by atoms with Gasteiger partial charge in [0.25, 0.3) is 0 Å². The molecule has 0 atom stereocenters. The number of allylic oxidation sites excluding steroid dienone is 2. The van der Waals surface area contributed by atoms with E-state index in [0.29, 0.717) is 5.03 Å². The fourth-order valence-corrected chi connectivity index (χ4v) is 1.03. The van der Waals surface area contributed by atoms with Crippen LogP contribution in [0.1, 0.15) is 20.8 Å². The lowest BCUT2D eigenvalue weighted by atomic mass is 10.2. The zero-order valence-corrected chi connectivity index (χ0v) is 10.9. The Labute approximate surface area is 105 Å². The fraction of sp³-hybridized carbons (Fsp3) is 0.400. The molecule has 17 heavy (non-hydrogen) atoms. The van der Waals surface area contributed by atoms with Gasteiger partial charge in [0, 0.05) is 0 Å². The second-order valence-corrected chi connectivity index (χ2v) is 5.00. The van der Waals surface area contributed by atoms with Crippen molar-refractivity contribution in [2.45, 2.75) is 26.4 Å². The molecule has 6 N–H and O–H groups in total. The van der Waals surface area contributed by atoms with E-state index < -0.39 is 11.7 Å². The Bertz CT molecular complexity index is 345. The number of amides is 1. The molecule has 0 saturated heterocycles. The van der Waals surface area contributed by atoms with Crippen LogP contribution in [0.3, 0.4) is 0 Å². The van der Waals surface area contributed by atoms with Gasteiger partial charge in [-0.2, -0.15) is 0 Å². The largest absolute Gasteiger partial charge is 0.444 e. The zero-order chi connectivity index (χ0) is 13.5. The van der Waals surface area contributed by atoms with Crippen LogP contribution >= 0.6 is 11.8 Å². The molecule has 0 rings (SSSR count). The summed E-state index contributed by atoms with van der Waals surface area (Å²) in [5, 5.41) is 9.55. The molecule has 0 spiro atoms. The minimum absolute atomic E-state index is 0.118. The Kier molecular flexibility index (Phi) is 6.19. The highest BCUT2D eigenvalue weighted by Crippen LogP contribution is 2.07. The first-order chi connectivity index (χ1) is 7.74. The quantitative estimate of drug-likeness (QED) is 0.346. The van der Waals surface area contributed by atoms with Crippen LogP contribution in [0, 0.1) is 5.41 Å². The molecule has 0 heterocycles. The average Bonchev–Trinajstić information content (AvgIpc) is 2.12. The number of thioether (sulfide) groups is 1. The number of alkyl carbamates (subject to hydrolysis) is 1. The van der Waals surface area contributed by atoms with Crippen molar-refractivity contribution in [2.24, 2.45) is 11.5 Å². The molecule has 0 bridgehead atoms. The van der Waals surface area contributed by atoms with Crippen LogP contribution in [-0.2, 0) is 4.74 Å².